The van der Waals surface area contributed by atoms with Crippen molar-refractivity contribution >= 4 is 17.4 Å². The lowest BCUT2D eigenvalue weighted by Gasteiger charge is -2.09. The molecule has 2 aromatic rings. The van der Waals surface area contributed by atoms with E-state index in [1.54, 1.807) is 6.26 Å². The average molecular weight is 275 g/mol. The van der Waals surface area contributed by atoms with E-state index in [9.17, 15) is 0 Å². The molecule has 4 heteroatoms. The second kappa shape index (κ2) is 5.10. The minimum Gasteiger partial charge on any atom is -0.464 e. The highest BCUT2D eigenvalue weighted by Crippen LogP contribution is 2.30. The van der Waals surface area contributed by atoms with Gasteiger partial charge < -0.3 is 9.73 Å². The third kappa shape index (κ3) is 2.51. The first kappa shape index (κ1) is 12.3. The Kier molecular flexibility index (Phi) is 3.30. The number of aryl methyl sites for hydroxylation is 1. The van der Waals surface area contributed by atoms with E-state index in [-0.39, 0.29) is 0 Å². The average Bonchev–Trinajstić information content (AvgIpc) is 3.03. The summed E-state index contributed by atoms with van der Waals surface area (Å²) in [6.45, 7) is 3.82. The summed E-state index contributed by atoms with van der Waals surface area (Å²) >= 11 is 6.12. The van der Waals surface area contributed by atoms with Crippen molar-refractivity contribution in [1.29, 1.82) is 0 Å². The molecular formula is C15H15ClN2O. The molecule has 1 N–H and O–H groups in total. The number of aliphatic imine (C=N–C) groups is 1. The molecule has 2 heterocycles. The number of hydrogen-bond donors (Lipinski definition) is 1. The van der Waals surface area contributed by atoms with E-state index in [1.807, 2.05) is 31.2 Å². The molecule has 98 valence electrons. The molecule has 0 amide bonds. The molecule has 0 saturated carbocycles. The maximum absolute atomic E-state index is 6.12. The lowest BCUT2D eigenvalue weighted by Crippen LogP contribution is -2.20. The zero-order chi connectivity index (χ0) is 13.2. The number of amidine groups is 1. The maximum Gasteiger partial charge on any atom is 0.137 e. The van der Waals surface area contributed by atoms with Crippen LogP contribution in [-0.4, -0.2) is 18.9 Å². The van der Waals surface area contributed by atoms with Crippen molar-refractivity contribution in [3.63, 3.8) is 0 Å². The summed E-state index contributed by atoms with van der Waals surface area (Å²) in [6.07, 6.45) is 2.49. The second-order valence-electron chi connectivity index (χ2n) is 4.67. The van der Waals surface area contributed by atoms with Crippen LogP contribution in [0.4, 0.5) is 0 Å². The van der Waals surface area contributed by atoms with E-state index in [0.29, 0.717) is 0 Å². The van der Waals surface area contributed by atoms with Crippen LogP contribution in [0.1, 0.15) is 11.1 Å². The monoisotopic (exact) mass is 274 g/mol. The van der Waals surface area contributed by atoms with Crippen LogP contribution in [0.2, 0.25) is 5.02 Å². The standard InChI is InChI=1S/C15H15ClN2O/c1-10-4-7-19-15(10)13-9-12(16)3-2-11(13)8-14-17-5-6-18-14/h2-4,7,9H,5-6,8H2,1H3,(H,17,18). The zero-order valence-corrected chi connectivity index (χ0v) is 11.5. The fourth-order valence-corrected chi connectivity index (χ4v) is 2.48. The Morgan fingerprint density at radius 3 is 2.95 bits per heavy atom. The molecule has 3 nitrogen and oxygen atoms in total. The summed E-state index contributed by atoms with van der Waals surface area (Å²) in [5, 5.41) is 4.01. The van der Waals surface area contributed by atoms with Crippen molar-refractivity contribution in [2.75, 3.05) is 13.1 Å². The molecule has 0 atom stereocenters. The Labute approximate surface area is 117 Å². The Balaban J connectivity index is 2.02. The molecule has 0 aliphatic carbocycles. The predicted octanol–water partition coefficient (Wildman–Crippen LogP) is 3.45. The molecule has 0 fully saturated rings. The number of rotatable bonds is 3. The minimum absolute atomic E-state index is 0.718. The summed E-state index contributed by atoms with van der Waals surface area (Å²) in [7, 11) is 0. The van der Waals surface area contributed by atoms with Crippen molar-refractivity contribution in [1.82, 2.24) is 5.32 Å². The maximum atomic E-state index is 6.12. The van der Waals surface area contributed by atoms with Gasteiger partial charge in [0.1, 0.15) is 11.6 Å². The molecule has 0 radical (unpaired) electrons. The summed E-state index contributed by atoms with van der Waals surface area (Å²) in [4.78, 5) is 4.44. The number of hydrogen-bond acceptors (Lipinski definition) is 3. The van der Waals surface area contributed by atoms with Gasteiger partial charge in [-0.15, -0.1) is 0 Å². The lowest BCUT2D eigenvalue weighted by atomic mass is 10.00. The highest BCUT2D eigenvalue weighted by molar-refractivity contribution is 6.30. The van der Waals surface area contributed by atoms with E-state index in [0.717, 1.165) is 47.3 Å². The van der Waals surface area contributed by atoms with E-state index in [2.05, 4.69) is 10.3 Å². The minimum atomic E-state index is 0.718. The SMILES string of the molecule is Cc1ccoc1-c1cc(Cl)ccc1CC1=NCCN1. The van der Waals surface area contributed by atoms with Gasteiger partial charge in [-0.05, 0) is 36.2 Å². The molecule has 1 aromatic heterocycles. The van der Waals surface area contributed by atoms with Crippen LogP contribution in [0.5, 0.6) is 0 Å². The molecule has 3 rings (SSSR count). The van der Waals surface area contributed by atoms with Gasteiger partial charge in [0.2, 0.25) is 0 Å². The van der Waals surface area contributed by atoms with Crippen molar-refractivity contribution in [2.24, 2.45) is 4.99 Å². The third-order valence-corrected chi connectivity index (χ3v) is 3.52. The zero-order valence-electron chi connectivity index (χ0n) is 10.7. The molecule has 0 saturated heterocycles. The van der Waals surface area contributed by atoms with Gasteiger partial charge in [-0.25, -0.2) is 0 Å². The lowest BCUT2D eigenvalue weighted by molar-refractivity contribution is 0.580. The quantitative estimate of drug-likeness (QED) is 0.931. The van der Waals surface area contributed by atoms with Gasteiger partial charge >= 0.3 is 0 Å². The first-order valence-electron chi connectivity index (χ1n) is 6.34. The van der Waals surface area contributed by atoms with Crippen molar-refractivity contribution in [3.05, 3.63) is 46.7 Å². The van der Waals surface area contributed by atoms with Crippen LogP contribution in [0.3, 0.4) is 0 Å². The summed E-state index contributed by atoms with van der Waals surface area (Å²) in [5.74, 6) is 1.92. The van der Waals surface area contributed by atoms with E-state index in [1.165, 1.54) is 5.56 Å². The van der Waals surface area contributed by atoms with Gasteiger partial charge in [0, 0.05) is 23.6 Å². The number of furan rings is 1. The molecule has 0 spiro atoms. The van der Waals surface area contributed by atoms with Crippen LogP contribution in [0.15, 0.2) is 39.9 Å². The Hall–Kier alpha value is -1.74. The number of benzene rings is 1. The Morgan fingerprint density at radius 2 is 2.26 bits per heavy atom. The van der Waals surface area contributed by atoms with Gasteiger partial charge in [0.25, 0.3) is 0 Å². The van der Waals surface area contributed by atoms with Gasteiger partial charge in [-0.1, -0.05) is 17.7 Å². The van der Waals surface area contributed by atoms with Crippen molar-refractivity contribution in [2.45, 2.75) is 13.3 Å². The van der Waals surface area contributed by atoms with Gasteiger partial charge in [0.05, 0.1) is 12.8 Å². The molecular weight excluding hydrogens is 260 g/mol. The number of halogens is 1. The van der Waals surface area contributed by atoms with Gasteiger partial charge in [-0.3, -0.25) is 4.99 Å². The largest absolute Gasteiger partial charge is 0.464 e. The molecule has 0 unspecified atom stereocenters. The summed E-state index contributed by atoms with van der Waals surface area (Å²) in [5.41, 5.74) is 3.34. The highest BCUT2D eigenvalue weighted by Gasteiger charge is 2.14. The van der Waals surface area contributed by atoms with E-state index < -0.39 is 0 Å². The number of nitrogens with one attached hydrogen (secondary N) is 1. The normalized spacial score (nSPS) is 14.3. The molecule has 19 heavy (non-hydrogen) atoms. The topological polar surface area (TPSA) is 37.5 Å². The summed E-state index contributed by atoms with van der Waals surface area (Å²) in [6, 6.07) is 7.87. The van der Waals surface area contributed by atoms with Crippen LogP contribution in [-0.2, 0) is 6.42 Å². The Morgan fingerprint density at radius 1 is 1.37 bits per heavy atom. The third-order valence-electron chi connectivity index (χ3n) is 3.28. The Bertz CT molecular complexity index is 631. The van der Waals surface area contributed by atoms with Crippen LogP contribution >= 0.6 is 11.6 Å². The van der Waals surface area contributed by atoms with E-state index in [4.69, 9.17) is 16.0 Å². The molecule has 1 aliphatic rings. The highest BCUT2D eigenvalue weighted by atomic mass is 35.5. The first-order chi connectivity index (χ1) is 9.24. The fourth-order valence-electron chi connectivity index (χ4n) is 2.31. The summed E-state index contributed by atoms with van der Waals surface area (Å²) < 4.78 is 5.59. The second-order valence-corrected chi connectivity index (χ2v) is 5.10. The van der Waals surface area contributed by atoms with Crippen LogP contribution in [0, 0.1) is 6.92 Å². The van der Waals surface area contributed by atoms with Crippen LogP contribution in [0.25, 0.3) is 11.3 Å². The van der Waals surface area contributed by atoms with Crippen molar-refractivity contribution in [3.8, 4) is 11.3 Å². The number of nitrogens with zero attached hydrogens (tertiary/aromatic N) is 1. The first-order valence-corrected chi connectivity index (χ1v) is 6.72. The van der Waals surface area contributed by atoms with E-state index >= 15 is 0 Å². The van der Waals surface area contributed by atoms with Crippen molar-refractivity contribution < 1.29 is 4.42 Å². The van der Waals surface area contributed by atoms with Gasteiger partial charge in [-0.2, -0.15) is 0 Å². The molecule has 0 bridgehead atoms. The van der Waals surface area contributed by atoms with Crippen LogP contribution < -0.4 is 5.32 Å². The molecule has 1 aliphatic heterocycles. The molecule has 1 aromatic carbocycles. The smallest absolute Gasteiger partial charge is 0.137 e. The predicted molar refractivity (Wildman–Crippen MR) is 77.9 cm³/mol. The van der Waals surface area contributed by atoms with Gasteiger partial charge in [0.15, 0.2) is 0 Å². The fraction of sp³-hybridized carbons (Fsp3) is 0.267.